The summed E-state index contributed by atoms with van der Waals surface area (Å²) in [5, 5.41) is 3.52. The van der Waals surface area contributed by atoms with Crippen molar-refractivity contribution in [2.45, 2.75) is 39.3 Å². The van der Waals surface area contributed by atoms with E-state index >= 15 is 0 Å². The largest absolute Gasteiger partial charge is 0.310 e. The van der Waals surface area contributed by atoms with Gasteiger partial charge in [-0.1, -0.05) is 30.7 Å². The van der Waals surface area contributed by atoms with Gasteiger partial charge in [-0.05, 0) is 30.9 Å². The highest BCUT2D eigenvalue weighted by atomic mass is 14.9. The van der Waals surface area contributed by atoms with Gasteiger partial charge >= 0.3 is 0 Å². The van der Waals surface area contributed by atoms with Crippen molar-refractivity contribution in [2.24, 2.45) is 0 Å². The van der Waals surface area contributed by atoms with Gasteiger partial charge in [-0.2, -0.15) is 0 Å². The molecule has 0 amide bonds. The molecule has 0 saturated heterocycles. The van der Waals surface area contributed by atoms with E-state index in [1.807, 2.05) is 0 Å². The quantitative estimate of drug-likeness (QED) is 0.639. The average Bonchev–Trinajstić information content (AvgIpc) is 2.12. The molecular formula is C12H17N. The maximum absolute atomic E-state index is 3.52. The summed E-state index contributed by atoms with van der Waals surface area (Å²) in [5.74, 6) is 0.643. The van der Waals surface area contributed by atoms with Crippen molar-refractivity contribution >= 4 is 0 Å². The lowest BCUT2D eigenvalue weighted by atomic mass is 9.86. The third kappa shape index (κ3) is 1.49. The number of hydrogen-bond donors (Lipinski definition) is 1. The molecule has 0 aromatic heterocycles. The number of rotatable bonds is 0. The second-order valence-electron chi connectivity index (χ2n) is 4.16. The van der Waals surface area contributed by atoms with Gasteiger partial charge in [0.25, 0.3) is 0 Å². The van der Waals surface area contributed by atoms with Gasteiger partial charge in [-0.25, -0.2) is 0 Å². The van der Waals surface area contributed by atoms with Crippen molar-refractivity contribution in [3.63, 3.8) is 0 Å². The van der Waals surface area contributed by atoms with Crippen LogP contribution in [0.25, 0.3) is 0 Å². The lowest BCUT2D eigenvalue weighted by Gasteiger charge is -2.30. The molecule has 0 bridgehead atoms. The lowest BCUT2D eigenvalue weighted by molar-refractivity contribution is 0.448. The highest BCUT2D eigenvalue weighted by molar-refractivity contribution is 5.36. The molecule has 13 heavy (non-hydrogen) atoms. The third-order valence-corrected chi connectivity index (χ3v) is 3.15. The fraction of sp³-hybridized carbons (Fsp3) is 0.500. The van der Waals surface area contributed by atoms with Crippen molar-refractivity contribution in [3.8, 4) is 0 Å². The first-order chi connectivity index (χ1) is 6.18. The molecule has 0 aliphatic carbocycles. The Balaban J connectivity index is 2.44. The van der Waals surface area contributed by atoms with Crippen molar-refractivity contribution < 1.29 is 0 Å². The average molecular weight is 175 g/mol. The number of nitrogens with one attached hydrogen (secondary N) is 1. The second kappa shape index (κ2) is 3.15. The zero-order valence-corrected chi connectivity index (χ0v) is 8.59. The SMILES string of the molecule is Cc1ccc2c(c1)CN[C@H](C)[C@H]2C. The highest BCUT2D eigenvalue weighted by Gasteiger charge is 2.21. The molecule has 1 aromatic carbocycles. The molecule has 0 spiro atoms. The maximum atomic E-state index is 3.52. The molecule has 0 radical (unpaired) electrons. The standard InChI is InChI=1S/C12H17N/c1-8-4-5-12-9(2)10(3)13-7-11(12)6-8/h4-6,9-10,13H,7H2,1-3H3/t9-,10-/m1/s1. The molecule has 1 aliphatic heterocycles. The normalized spacial score (nSPS) is 27.0. The molecule has 1 N–H and O–H groups in total. The van der Waals surface area contributed by atoms with Gasteiger partial charge in [0.2, 0.25) is 0 Å². The van der Waals surface area contributed by atoms with Crippen LogP contribution in [0.5, 0.6) is 0 Å². The summed E-state index contributed by atoms with van der Waals surface area (Å²) in [4.78, 5) is 0. The van der Waals surface area contributed by atoms with Gasteiger partial charge in [0.15, 0.2) is 0 Å². The number of aryl methyl sites for hydroxylation is 1. The zero-order valence-electron chi connectivity index (χ0n) is 8.59. The summed E-state index contributed by atoms with van der Waals surface area (Å²) >= 11 is 0. The third-order valence-electron chi connectivity index (χ3n) is 3.15. The Morgan fingerprint density at radius 3 is 2.85 bits per heavy atom. The molecule has 0 fully saturated rings. The molecule has 1 heterocycles. The Bertz CT molecular complexity index is 317. The Hall–Kier alpha value is -0.820. The van der Waals surface area contributed by atoms with Gasteiger partial charge in [0.1, 0.15) is 0 Å². The summed E-state index contributed by atoms with van der Waals surface area (Å²) < 4.78 is 0. The van der Waals surface area contributed by atoms with Crippen LogP contribution in [0.3, 0.4) is 0 Å². The van der Waals surface area contributed by atoms with Gasteiger partial charge < -0.3 is 5.32 Å². The lowest BCUT2D eigenvalue weighted by Crippen LogP contribution is -2.35. The topological polar surface area (TPSA) is 12.0 Å². The van der Waals surface area contributed by atoms with Crippen LogP contribution in [-0.2, 0) is 6.54 Å². The maximum Gasteiger partial charge on any atom is 0.0211 e. The summed E-state index contributed by atoms with van der Waals surface area (Å²) in [7, 11) is 0. The molecule has 0 unspecified atom stereocenters. The highest BCUT2D eigenvalue weighted by Crippen LogP contribution is 2.27. The van der Waals surface area contributed by atoms with Gasteiger partial charge in [0.05, 0.1) is 0 Å². The molecule has 2 rings (SSSR count). The minimum atomic E-state index is 0.607. The van der Waals surface area contributed by atoms with Crippen LogP contribution in [0.1, 0.15) is 36.5 Å². The summed E-state index contributed by atoms with van der Waals surface area (Å²) in [6, 6.07) is 7.40. The van der Waals surface area contributed by atoms with Crippen LogP contribution in [0.15, 0.2) is 18.2 Å². The van der Waals surface area contributed by atoms with Crippen molar-refractivity contribution in [1.29, 1.82) is 0 Å². The predicted molar refractivity (Wildman–Crippen MR) is 55.9 cm³/mol. The van der Waals surface area contributed by atoms with E-state index in [4.69, 9.17) is 0 Å². The van der Waals surface area contributed by atoms with Crippen molar-refractivity contribution in [2.75, 3.05) is 0 Å². The van der Waals surface area contributed by atoms with Crippen molar-refractivity contribution in [3.05, 3.63) is 34.9 Å². The fourth-order valence-corrected chi connectivity index (χ4v) is 2.05. The van der Waals surface area contributed by atoms with Crippen molar-refractivity contribution in [1.82, 2.24) is 5.32 Å². The van der Waals surface area contributed by atoms with Crippen LogP contribution in [-0.4, -0.2) is 6.04 Å². The molecule has 1 aliphatic rings. The molecular weight excluding hydrogens is 158 g/mol. The first-order valence-electron chi connectivity index (χ1n) is 5.01. The van der Waals surface area contributed by atoms with E-state index in [2.05, 4.69) is 44.3 Å². The van der Waals surface area contributed by atoms with Crippen LogP contribution in [0, 0.1) is 6.92 Å². The van der Waals surface area contributed by atoms with Gasteiger partial charge in [-0.15, -0.1) is 0 Å². The number of benzene rings is 1. The van der Waals surface area contributed by atoms with Crippen LogP contribution >= 0.6 is 0 Å². The van der Waals surface area contributed by atoms with Gasteiger partial charge in [0, 0.05) is 12.6 Å². The molecule has 0 saturated carbocycles. The number of hydrogen-bond acceptors (Lipinski definition) is 1. The Morgan fingerprint density at radius 2 is 2.08 bits per heavy atom. The Labute approximate surface area is 80.2 Å². The van der Waals surface area contributed by atoms with E-state index in [0.29, 0.717) is 12.0 Å². The minimum Gasteiger partial charge on any atom is -0.310 e. The van der Waals surface area contributed by atoms with E-state index in [1.54, 1.807) is 0 Å². The molecule has 1 aromatic rings. The second-order valence-corrected chi connectivity index (χ2v) is 4.16. The van der Waals surface area contributed by atoms with E-state index in [1.165, 1.54) is 16.7 Å². The molecule has 1 heteroatoms. The summed E-state index contributed by atoms with van der Waals surface area (Å²) in [6.07, 6.45) is 0. The van der Waals surface area contributed by atoms with Crippen LogP contribution in [0.2, 0.25) is 0 Å². The smallest absolute Gasteiger partial charge is 0.0211 e. The molecule has 1 nitrogen and oxygen atoms in total. The first-order valence-corrected chi connectivity index (χ1v) is 5.01. The fourth-order valence-electron chi connectivity index (χ4n) is 2.05. The molecule has 70 valence electrons. The van der Waals surface area contributed by atoms with E-state index in [-0.39, 0.29) is 0 Å². The number of fused-ring (bicyclic) bond motifs is 1. The van der Waals surface area contributed by atoms with E-state index < -0.39 is 0 Å². The zero-order chi connectivity index (χ0) is 9.42. The monoisotopic (exact) mass is 175 g/mol. The Kier molecular flexibility index (Phi) is 2.12. The Morgan fingerprint density at radius 1 is 1.31 bits per heavy atom. The first kappa shape index (κ1) is 8.76. The summed E-state index contributed by atoms with van der Waals surface area (Å²) in [6.45, 7) is 7.74. The van der Waals surface area contributed by atoms with E-state index in [9.17, 15) is 0 Å². The minimum absolute atomic E-state index is 0.607. The van der Waals surface area contributed by atoms with Gasteiger partial charge in [-0.3, -0.25) is 0 Å². The van der Waals surface area contributed by atoms with Crippen LogP contribution < -0.4 is 5.32 Å². The van der Waals surface area contributed by atoms with E-state index in [0.717, 1.165) is 6.54 Å². The van der Waals surface area contributed by atoms with Crippen LogP contribution in [0.4, 0.5) is 0 Å². The summed E-state index contributed by atoms with van der Waals surface area (Å²) in [5.41, 5.74) is 4.37. The predicted octanol–water partition coefficient (Wildman–Crippen LogP) is 2.59. The molecule has 2 atom stereocenters.